The van der Waals surface area contributed by atoms with Crippen molar-refractivity contribution in [3.63, 3.8) is 0 Å². The molecule has 0 bridgehead atoms. The summed E-state index contributed by atoms with van der Waals surface area (Å²) in [6.45, 7) is 6.27. The first-order chi connectivity index (χ1) is 9.40. The fourth-order valence-corrected chi connectivity index (χ4v) is 4.48. The minimum absolute atomic E-state index is 0.104. The number of rotatable bonds is 4. The Bertz CT molecular complexity index is 569. The molecule has 0 saturated carbocycles. The van der Waals surface area contributed by atoms with E-state index in [-0.39, 0.29) is 22.9 Å². The molecular weight excluding hydrogens is 302 g/mol. The molecule has 0 aliphatic carbocycles. The number of sulfonamides is 1. The Hall–Kier alpha value is -0.560. The van der Waals surface area contributed by atoms with E-state index in [1.54, 1.807) is 6.92 Å². The summed E-state index contributed by atoms with van der Waals surface area (Å²) in [5, 5.41) is 0. The maximum Gasteiger partial charge on any atom is 0.246 e. The van der Waals surface area contributed by atoms with Gasteiger partial charge in [-0.1, -0.05) is 6.92 Å². The van der Waals surface area contributed by atoms with Gasteiger partial charge >= 0.3 is 0 Å². The van der Waals surface area contributed by atoms with Crippen molar-refractivity contribution in [3.05, 3.63) is 17.6 Å². The lowest BCUT2D eigenvalue weighted by molar-refractivity contribution is -0.0230. The van der Waals surface area contributed by atoms with Gasteiger partial charge in [-0.3, -0.25) is 0 Å². The average molecular weight is 322 g/mol. The molecule has 1 aliphatic rings. The van der Waals surface area contributed by atoms with Gasteiger partial charge < -0.3 is 9.15 Å². The summed E-state index contributed by atoms with van der Waals surface area (Å²) >= 11 is 5.71. The molecule has 1 saturated heterocycles. The SMILES string of the molecule is CCC1COC(C)CN1S(=O)(=O)c1cc(CCl)oc1C. The molecule has 0 radical (unpaired) electrons. The van der Waals surface area contributed by atoms with Gasteiger partial charge in [-0.2, -0.15) is 4.31 Å². The van der Waals surface area contributed by atoms with Crippen molar-refractivity contribution in [1.29, 1.82) is 0 Å². The second kappa shape index (κ2) is 6.05. The topological polar surface area (TPSA) is 59.8 Å². The van der Waals surface area contributed by atoms with Crippen molar-refractivity contribution >= 4 is 21.6 Å². The van der Waals surface area contributed by atoms with Gasteiger partial charge in [-0.15, -0.1) is 11.6 Å². The summed E-state index contributed by atoms with van der Waals surface area (Å²) in [4.78, 5) is 0.209. The number of nitrogens with zero attached hydrogens (tertiary/aromatic N) is 1. The second-order valence-corrected chi connectivity index (χ2v) is 7.17. The van der Waals surface area contributed by atoms with Crippen molar-refractivity contribution < 1.29 is 17.6 Å². The highest BCUT2D eigenvalue weighted by molar-refractivity contribution is 7.89. The van der Waals surface area contributed by atoms with Crippen molar-refractivity contribution in [3.8, 4) is 0 Å². The van der Waals surface area contributed by atoms with Crippen molar-refractivity contribution in [2.45, 2.75) is 50.1 Å². The smallest absolute Gasteiger partial charge is 0.246 e. The van der Waals surface area contributed by atoms with E-state index in [0.717, 1.165) is 0 Å². The van der Waals surface area contributed by atoms with E-state index in [0.29, 0.717) is 31.1 Å². The van der Waals surface area contributed by atoms with Crippen LogP contribution in [0.25, 0.3) is 0 Å². The normalized spacial score (nSPS) is 25.0. The van der Waals surface area contributed by atoms with Crippen LogP contribution in [0.15, 0.2) is 15.4 Å². The molecule has 2 heterocycles. The van der Waals surface area contributed by atoms with Gasteiger partial charge in [0.2, 0.25) is 10.0 Å². The van der Waals surface area contributed by atoms with Crippen LogP contribution in [0.4, 0.5) is 0 Å². The summed E-state index contributed by atoms with van der Waals surface area (Å²) in [6.07, 6.45) is 0.609. The predicted octanol–water partition coefficient (Wildman–Crippen LogP) is 2.51. The highest BCUT2D eigenvalue weighted by Crippen LogP contribution is 2.28. The van der Waals surface area contributed by atoms with Crippen LogP contribution in [0.3, 0.4) is 0 Å². The molecule has 7 heteroatoms. The Morgan fingerprint density at radius 3 is 2.75 bits per heavy atom. The molecular formula is C13H20ClNO4S. The van der Waals surface area contributed by atoms with Crippen LogP contribution in [0.5, 0.6) is 0 Å². The summed E-state index contributed by atoms with van der Waals surface area (Å²) in [5.74, 6) is 1.01. The minimum Gasteiger partial charge on any atom is -0.464 e. The first-order valence-corrected chi connectivity index (χ1v) is 8.66. The van der Waals surface area contributed by atoms with Gasteiger partial charge in [-0.25, -0.2) is 8.42 Å². The zero-order valence-corrected chi connectivity index (χ0v) is 13.5. The van der Waals surface area contributed by atoms with E-state index in [1.165, 1.54) is 10.4 Å². The fourth-order valence-electron chi connectivity index (χ4n) is 2.40. The lowest BCUT2D eigenvalue weighted by Crippen LogP contribution is -2.51. The Kier molecular flexibility index (Phi) is 4.79. The quantitative estimate of drug-likeness (QED) is 0.799. The zero-order chi connectivity index (χ0) is 14.9. The number of hydrogen-bond donors (Lipinski definition) is 0. The largest absolute Gasteiger partial charge is 0.464 e. The fraction of sp³-hybridized carbons (Fsp3) is 0.692. The highest BCUT2D eigenvalue weighted by atomic mass is 35.5. The molecule has 1 fully saturated rings. The first kappa shape index (κ1) is 15.8. The zero-order valence-electron chi connectivity index (χ0n) is 11.9. The van der Waals surface area contributed by atoms with Crippen molar-refractivity contribution in [2.24, 2.45) is 0 Å². The molecule has 5 nitrogen and oxygen atoms in total. The van der Waals surface area contributed by atoms with Gasteiger partial charge in [-0.05, 0) is 20.3 Å². The third kappa shape index (κ3) is 2.88. The number of morpholine rings is 1. The lowest BCUT2D eigenvalue weighted by atomic mass is 10.2. The number of alkyl halides is 1. The van der Waals surface area contributed by atoms with Gasteiger partial charge in [0.15, 0.2) is 0 Å². The molecule has 20 heavy (non-hydrogen) atoms. The third-order valence-corrected chi connectivity index (χ3v) is 5.82. The van der Waals surface area contributed by atoms with Crippen LogP contribution in [-0.2, 0) is 20.6 Å². The van der Waals surface area contributed by atoms with Crippen LogP contribution < -0.4 is 0 Å². The Morgan fingerprint density at radius 1 is 1.50 bits per heavy atom. The standard InChI is InChI=1S/C13H20ClNO4S/c1-4-11-8-18-9(2)7-15(11)20(16,17)13-5-12(6-14)19-10(13)3/h5,9,11H,4,6-8H2,1-3H3. The van der Waals surface area contributed by atoms with E-state index in [4.69, 9.17) is 20.8 Å². The molecule has 0 aromatic carbocycles. The average Bonchev–Trinajstić information content (AvgIpc) is 2.80. The number of halogens is 1. The van der Waals surface area contributed by atoms with E-state index >= 15 is 0 Å². The van der Waals surface area contributed by atoms with Crippen LogP contribution in [0.1, 0.15) is 31.8 Å². The van der Waals surface area contributed by atoms with E-state index in [2.05, 4.69) is 0 Å². The molecule has 114 valence electrons. The van der Waals surface area contributed by atoms with Gasteiger partial charge in [0, 0.05) is 18.7 Å². The van der Waals surface area contributed by atoms with Crippen LogP contribution in [0.2, 0.25) is 0 Å². The number of hydrogen-bond acceptors (Lipinski definition) is 4. The van der Waals surface area contributed by atoms with Crippen molar-refractivity contribution in [2.75, 3.05) is 13.2 Å². The van der Waals surface area contributed by atoms with Gasteiger partial charge in [0.1, 0.15) is 16.4 Å². The summed E-state index contributed by atoms with van der Waals surface area (Å²) in [7, 11) is -3.58. The van der Waals surface area contributed by atoms with Gasteiger partial charge in [0.25, 0.3) is 0 Å². The third-order valence-electron chi connectivity index (χ3n) is 3.53. The molecule has 2 rings (SSSR count). The lowest BCUT2D eigenvalue weighted by Gasteiger charge is -2.37. The summed E-state index contributed by atoms with van der Waals surface area (Å²) in [5.41, 5.74) is 0. The molecule has 1 aromatic rings. The van der Waals surface area contributed by atoms with Crippen molar-refractivity contribution in [1.82, 2.24) is 4.31 Å². The number of ether oxygens (including phenoxy) is 1. The molecule has 1 aromatic heterocycles. The first-order valence-electron chi connectivity index (χ1n) is 6.68. The molecule has 0 amide bonds. The van der Waals surface area contributed by atoms with E-state index < -0.39 is 10.0 Å². The van der Waals surface area contributed by atoms with E-state index in [9.17, 15) is 8.42 Å². The summed E-state index contributed by atoms with van der Waals surface area (Å²) in [6, 6.07) is 1.38. The van der Waals surface area contributed by atoms with Crippen LogP contribution in [-0.4, -0.2) is 38.0 Å². The second-order valence-electron chi connectivity index (χ2n) is 5.05. The van der Waals surface area contributed by atoms with E-state index in [1.807, 2.05) is 13.8 Å². The monoisotopic (exact) mass is 321 g/mol. The molecule has 2 unspecified atom stereocenters. The molecule has 1 aliphatic heterocycles. The maximum absolute atomic E-state index is 12.8. The Morgan fingerprint density at radius 2 is 2.20 bits per heavy atom. The molecule has 0 spiro atoms. The minimum atomic E-state index is -3.58. The predicted molar refractivity (Wildman–Crippen MR) is 76.4 cm³/mol. The molecule has 0 N–H and O–H groups in total. The maximum atomic E-state index is 12.8. The summed E-state index contributed by atoms with van der Waals surface area (Å²) < 4.78 is 38.1. The van der Waals surface area contributed by atoms with Crippen LogP contribution in [0, 0.1) is 6.92 Å². The van der Waals surface area contributed by atoms with Crippen LogP contribution >= 0.6 is 11.6 Å². The number of aryl methyl sites for hydroxylation is 1. The molecule has 2 atom stereocenters. The highest BCUT2D eigenvalue weighted by Gasteiger charge is 2.37. The van der Waals surface area contributed by atoms with Gasteiger partial charge in [0.05, 0.1) is 18.6 Å². The number of furan rings is 1. The Balaban J connectivity index is 2.39. The Labute approximate surface area is 124 Å².